The third-order valence-corrected chi connectivity index (χ3v) is 3.08. The van der Waals surface area contributed by atoms with Crippen molar-refractivity contribution in [2.45, 2.75) is 12.6 Å². The fourth-order valence-corrected chi connectivity index (χ4v) is 1.87. The van der Waals surface area contributed by atoms with Crippen molar-refractivity contribution in [2.75, 3.05) is 27.8 Å². The minimum atomic E-state index is -4.92. The van der Waals surface area contributed by atoms with Crippen molar-refractivity contribution in [2.24, 2.45) is 0 Å². The van der Waals surface area contributed by atoms with Crippen LogP contribution in [0.5, 0.6) is 11.5 Å². The summed E-state index contributed by atoms with van der Waals surface area (Å²) < 4.78 is 47.0. The number of hydrogen-bond acceptors (Lipinski definition) is 4. The molecule has 0 aromatic heterocycles. The predicted octanol–water partition coefficient (Wildman–Crippen LogP) is 2.08. The Morgan fingerprint density at radius 2 is 1.77 bits per heavy atom. The van der Waals surface area contributed by atoms with Gasteiger partial charge in [0.1, 0.15) is 6.29 Å². The summed E-state index contributed by atoms with van der Waals surface area (Å²) in [6.45, 7) is -0.186. The van der Waals surface area contributed by atoms with E-state index < -0.39 is 12.1 Å². The Morgan fingerprint density at radius 1 is 1.23 bits per heavy atom. The molecule has 0 radical (unpaired) electrons. The van der Waals surface area contributed by atoms with Crippen molar-refractivity contribution in [3.63, 3.8) is 0 Å². The maximum absolute atomic E-state index is 12.3. The zero-order chi connectivity index (χ0) is 16.9. The molecule has 0 saturated heterocycles. The fourth-order valence-electron chi connectivity index (χ4n) is 1.87. The van der Waals surface area contributed by atoms with E-state index in [1.54, 1.807) is 0 Å². The standard InChI is InChI=1S/C14H16F3NO4/c1-18(13(20)14(15,16)17)5-4-9-6-11(21-2)12(22-3)7-10(9)8-19/h6-8H,4-5H2,1-3H3. The summed E-state index contributed by atoms with van der Waals surface area (Å²) in [6, 6.07) is 2.95. The molecule has 0 heterocycles. The van der Waals surface area contributed by atoms with E-state index in [0.717, 1.165) is 7.05 Å². The molecule has 0 unspecified atom stereocenters. The minimum Gasteiger partial charge on any atom is -0.493 e. The van der Waals surface area contributed by atoms with Crippen molar-refractivity contribution in [3.8, 4) is 11.5 Å². The molecule has 1 aromatic rings. The Kier molecular flexibility index (Phi) is 5.78. The van der Waals surface area contributed by atoms with Crippen LogP contribution in [0, 0.1) is 0 Å². The van der Waals surface area contributed by atoms with Gasteiger partial charge in [-0.25, -0.2) is 0 Å². The van der Waals surface area contributed by atoms with Crippen LogP contribution in [0.1, 0.15) is 15.9 Å². The van der Waals surface area contributed by atoms with Crippen molar-refractivity contribution in [1.29, 1.82) is 0 Å². The number of carbonyl (C=O) groups is 2. The monoisotopic (exact) mass is 319 g/mol. The van der Waals surface area contributed by atoms with Crippen molar-refractivity contribution >= 4 is 12.2 Å². The van der Waals surface area contributed by atoms with Gasteiger partial charge in [0.25, 0.3) is 0 Å². The molecule has 0 atom stereocenters. The molecule has 5 nitrogen and oxygen atoms in total. The number of benzene rings is 1. The van der Waals surface area contributed by atoms with Gasteiger partial charge in [-0.2, -0.15) is 13.2 Å². The summed E-state index contributed by atoms with van der Waals surface area (Å²) in [5, 5.41) is 0. The van der Waals surface area contributed by atoms with E-state index in [1.165, 1.54) is 26.4 Å². The third kappa shape index (κ3) is 4.12. The highest BCUT2D eigenvalue weighted by Gasteiger charge is 2.41. The molecule has 1 amide bonds. The number of ether oxygens (including phenoxy) is 2. The summed E-state index contributed by atoms with van der Waals surface area (Å²) in [6.07, 6.45) is -4.27. The lowest BCUT2D eigenvalue weighted by Crippen LogP contribution is -2.39. The first-order valence-corrected chi connectivity index (χ1v) is 6.27. The molecule has 1 aromatic carbocycles. The molecule has 1 rings (SSSR count). The highest BCUT2D eigenvalue weighted by atomic mass is 19.4. The Labute approximate surface area is 125 Å². The molecule has 122 valence electrons. The second-order valence-corrected chi connectivity index (χ2v) is 4.50. The number of carbonyl (C=O) groups excluding carboxylic acids is 2. The summed E-state index contributed by atoms with van der Waals surface area (Å²) >= 11 is 0. The second kappa shape index (κ2) is 7.15. The van der Waals surface area contributed by atoms with Crippen molar-refractivity contribution in [3.05, 3.63) is 23.3 Å². The van der Waals surface area contributed by atoms with Crippen LogP contribution in [-0.4, -0.2) is 51.1 Å². The average Bonchev–Trinajstić information content (AvgIpc) is 2.49. The summed E-state index contributed by atoms with van der Waals surface area (Å²) in [4.78, 5) is 22.7. The van der Waals surface area contributed by atoms with Crippen LogP contribution in [0.3, 0.4) is 0 Å². The number of methoxy groups -OCH3 is 2. The van der Waals surface area contributed by atoms with E-state index in [4.69, 9.17) is 9.47 Å². The lowest BCUT2D eigenvalue weighted by Gasteiger charge is -2.19. The summed E-state index contributed by atoms with van der Waals surface area (Å²) in [5.41, 5.74) is 0.736. The number of nitrogens with zero attached hydrogens (tertiary/aromatic N) is 1. The molecular formula is C14H16F3NO4. The lowest BCUT2D eigenvalue weighted by molar-refractivity contribution is -0.184. The smallest absolute Gasteiger partial charge is 0.471 e. The normalized spacial score (nSPS) is 11.0. The second-order valence-electron chi connectivity index (χ2n) is 4.50. The van der Waals surface area contributed by atoms with Gasteiger partial charge in [0.15, 0.2) is 11.5 Å². The van der Waals surface area contributed by atoms with Crippen LogP contribution in [0.4, 0.5) is 13.2 Å². The molecule has 0 aliphatic rings. The van der Waals surface area contributed by atoms with Gasteiger partial charge in [-0.3, -0.25) is 9.59 Å². The van der Waals surface area contributed by atoms with E-state index in [1.807, 2.05) is 0 Å². The van der Waals surface area contributed by atoms with Gasteiger partial charge >= 0.3 is 12.1 Å². The quantitative estimate of drug-likeness (QED) is 0.753. The van der Waals surface area contributed by atoms with Gasteiger partial charge in [-0.05, 0) is 24.1 Å². The van der Waals surface area contributed by atoms with Gasteiger partial charge < -0.3 is 14.4 Å². The molecular weight excluding hydrogens is 303 g/mol. The number of alkyl halides is 3. The van der Waals surface area contributed by atoms with Gasteiger partial charge in [-0.15, -0.1) is 0 Å². The first-order chi connectivity index (χ1) is 10.2. The van der Waals surface area contributed by atoms with Crippen LogP contribution in [-0.2, 0) is 11.2 Å². The number of halogens is 3. The first kappa shape index (κ1) is 17.8. The number of rotatable bonds is 6. The number of aldehydes is 1. The molecule has 0 aliphatic carbocycles. The zero-order valence-electron chi connectivity index (χ0n) is 12.4. The van der Waals surface area contributed by atoms with Crippen LogP contribution in [0.15, 0.2) is 12.1 Å². The third-order valence-electron chi connectivity index (χ3n) is 3.08. The van der Waals surface area contributed by atoms with Crippen molar-refractivity contribution < 1.29 is 32.2 Å². The molecule has 0 saturated carbocycles. The van der Waals surface area contributed by atoms with Crippen LogP contribution in [0.25, 0.3) is 0 Å². The molecule has 0 N–H and O–H groups in total. The van der Waals surface area contributed by atoms with Gasteiger partial charge in [0.05, 0.1) is 14.2 Å². The topological polar surface area (TPSA) is 55.8 Å². The Hall–Kier alpha value is -2.25. The first-order valence-electron chi connectivity index (χ1n) is 6.27. The van der Waals surface area contributed by atoms with E-state index in [9.17, 15) is 22.8 Å². The molecule has 22 heavy (non-hydrogen) atoms. The summed E-state index contributed by atoms with van der Waals surface area (Å²) in [5.74, 6) is -1.23. The number of likely N-dealkylation sites (N-methyl/N-ethyl adjacent to an activating group) is 1. The highest BCUT2D eigenvalue weighted by molar-refractivity contribution is 5.82. The zero-order valence-corrected chi connectivity index (χ0v) is 12.4. The van der Waals surface area contributed by atoms with Gasteiger partial charge in [-0.1, -0.05) is 0 Å². The Balaban J connectivity index is 2.94. The predicted molar refractivity (Wildman–Crippen MR) is 72.3 cm³/mol. The van der Waals surface area contributed by atoms with E-state index >= 15 is 0 Å². The molecule has 0 bridgehead atoms. The lowest BCUT2D eigenvalue weighted by atomic mass is 10.0. The molecule has 0 aliphatic heterocycles. The largest absolute Gasteiger partial charge is 0.493 e. The molecule has 0 fully saturated rings. The van der Waals surface area contributed by atoms with Crippen LogP contribution in [0.2, 0.25) is 0 Å². The molecule has 8 heteroatoms. The van der Waals surface area contributed by atoms with Gasteiger partial charge in [0, 0.05) is 19.2 Å². The van der Waals surface area contributed by atoms with Crippen LogP contribution >= 0.6 is 0 Å². The maximum Gasteiger partial charge on any atom is 0.471 e. The number of amides is 1. The van der Waals surface area contributed by atoms with E-state index in [0.29, 0.717) is 28.2 Å². The van der Waals surface area contributed by atoms with E-state index in [2.05, 4.69) is 0 Å². The van der Waals surface area contributed by atoms with E-state index in [-0.39, 0.29) is 18.5 Å². The van der Waals surface area contributed by atoms with Gasteiger partial charge in [0.2, 0.25) is 0 Å². The molecule has 0 spiro atoms. The maximum atomic E-state index is 12.3. The average molecular weight is 319 g/mol. The Bertz CT molecular complexity index is 558. The van der Waals surface area contributed by atoms with Crippen molar-refractivity contribution in [1.82, 2.24) is 4.90 Å². The summed E-state index contributed by atoms with van der Waals surface area (Å²) in [7, 11) is 3.86. The number of hydrogen-bond donors (Lipinski definition) is 0. The minimum absolute atomic E-state index is 0.0761. The van der Waals surface area contributed by atoms with Crippen LogP contribution < -0.4 is 9.47 Å². The Morgan fingerprint density at radius 3 is 2.23 bits per heavy atom. The highest BCUT2D eigenvalue weighted by Crippen LogP contribution is 2.30. The SMILES string of the molecule is COc1cc(C=O)c(CCN(C)C(=O)C(F)(F)F)cc1OC. The fraction of sp³-hybridized carbons (Fsp3) is 0.429.